The van der Waals surface area contributed by atoms with E-state index in [0.29, 0.717) is 20.7 Å². The molecule has 0 saturated heterocycles. The number of anilines is 2. The monoisotopic (exact) mass is 324 g/mol. The summed E-state index contributed by atoms with van der Waals surface area (Å²) in [5.74, 6) is -0.539. The van der Waals surface area contributed by atoms with Crippen LogP contribution in [-0.2, 0) is 9.53 Å². The first kappa shape index (κ1) is 15.3. The maximum Gasteiger partial charge on any atom is 0.360 e. The van der Waals surface area contributed by atoms with Gasteiger partial charge in [-0.3, -0.25) is 5.43 Å². The first-order chi connectivity index (χ1) is 10.1. The van der Waals surface area contributed by atoms with E-state index in [2.05, 4.69) is 15.5 Å². The number of nitrogens with zero attached hydrogens (tertiary/aromatic N) is 2. The molecule has 110 valence electrons. The Morgan fingerprint density at radius 3 is 2.76 bits per heavy atom. The molecule has 0 aliphatic rings. The second-order valence-electron chi connectivity index (χ2n) is 3.86. The molecule has 1 heterocycles. The molecular formula is C13H13ClN4O2S. The molecule has 0 spiro atoms. The molecule has 1 aromatic carbocycles. The van der Waals surface area contributed by atoms with Crippen molar-refractivity contribution in [2.24, 2.45) is 5.10 Å². The maximum atomic E-state index is 12.0. The fourth-order valence-electron chi connectivity index (χ4n) is 1.44. The van der Waals surface area contributed by atoms with Gasteiger partial charge in [0.05, 0.1) is 17.2 Å². The molecule has 0 radical (unpaired) electrons. The fraction of sp³-hybridized carbons (Fsp3) is 0.154. The molecule has 0 amide bonds. The zero-order valence-electron chi connectivity index (χ0n) is 11.2. The second kappa shape index (κ2) is 7.05. The summed E-state index contributed by atoms with van der Waals surface area (Å²) in [6.07, 6.45) is 1.49. The van der Waals surface area contributed by atoms with Gasteiger partial charge in [-0.25, -0.2) is 9.78 Å². The summed E-state index contributed by atoms with van der Waals surface area (Å²) in [5.41, 5.74) is 9.18. The number of aromatic nitrogens is 1. The predicted octanol–water partition coefficient (Wildman–Crippen LogP) is 2.76. The normalized spacial score (nSPS) is 11.2. The second-order valence-corrected chi connectivity index (χ2v) is 5.36. The smallest absolute Gasteiger partial charge is 0.360 e. The van der Waals surface area contributed by atoms with Gasteiger partial charge in [-0.2, -0.15) is 5.10 Å². The molecular weight excluding hydrogens is 312 g/mol. The average Bonchev–Trinajstić information content (AvgIpc) is 2.88. The zero-order valence-corrected chi connectivity index (χ0v) is 12.7. The third kappa shape index (κ3) is 4.17. The summed E-state index contributed by atoms with van der Waals surface area (Å²) in [4.78, 5) is 16.4. The van der Waals surface area contributed by atoms with E-state index in [0.717, 1.165) is 11.3 Å². The quantitative estimate of drug-likeness (QED) is 0.501. The van der Waals surface area contributed by atoms with Crippen LogP contribution in [0.5, 0.6) is 0 Å². The fourth-order valence-corrected chi connectivity index (χ4v) is 2.23. The molecule has 1 aromatic heterocycles. The molecule has 0 atom stereocenters. The van der Waals surface area contributed by atoms with Gasteiger partial charge >= 0.3 is 5.97 Å². The van der Waals surface area contributed by atoms with Crippen molar-refractivity contribution in [2.45, 2.75) is 6.92 Å². The Balaban J connectivity index is 2.24. The minimum absolute atomic E-state index is 0.126. The molecule has 0 bridgehead atoms. The van der Waals surface area contributed by atoms with Crippen LogP contribution in [0.2, 0.25) is 5.02 Å². The molecule has 21 heavy (non-hydrogen) atoms. The lowest BCUT2D eigenvalue weighted by Crippen LogP contribution is -2.19. The number of halogens is 1. The van der Waals surface area contributed by atoms with Crippen LogP contribution in [0.3, 0.4) is 0 Å². The number of benzene rings is 1. The molecule has 2 aromatic rings. The van der Waals surface area contributed by atoms with Gasteiger partial charge in [-0.05, 0) is 31.2 Å². The van der Waals surface area contributed by atoms with E-state index in [1.54, 1.807) is 31.2 Å². The number of hydrogen-bond donors (Lipinski definition) is 2. The number of nitrogen functional groups attached to an aromatic ring is 1. The first-order valence-corrected chi connectivity index (χ1v) is 7.27. The Kier molecular flexibility index (Phi) is 5.13. The van der Waals surface area contributed by atoms with Crippen molar-refractivity contribution >= 4 is 45.4 Å². The number of nitrogens with one attached hydrogen (secondary N) is 1. The molecule has 0 aliphatic carbocycles. The van der Waals surface area contributed by atoms with E-state index < -0.39 is 5.97 Å². The van der Waals surface area contributed by atoms with Crippen molar-refractivity contribution in [2.75, 3.05) is 17.8 Å². The van der Waals surface area contributed by atoms with Gasteiger partial charge in [0.15, 0.2) is 10.8 Å². The molecule has 0 saturated carbocycles. The highest BCUT2D eigenvalue weighted by atomic mass is 35.5. The van der Waals surface area contributed by atoms with E-state index >= 15 is 0 Å². The van der Waals surface area contributed by atoms with Gasteiger partial charge in [0.1, 0.15) is 0 Å². The molecule has 2 rings (SSSR count). The van der Waals surface area contributed by atoms with E-state index in [1.165, 1.54) is 6.20 Å². The third-order valence-electron chi connectivity index (χ3n) is 2.37. The lowest BCUT2D eigenvalue weighted by Gasteiger charge is -2.05. The summed E-state index contributed by atoms with van der Waals surface area (Å²) in [6, 6.07) is 6.92. The van der Waals surface area contributed by atoms with Crippen LogP contribution in [0, 0.1) is 0 Å². The summed E-state index contributed by atoms with van der Waals surface area (Å²) < 4.78 is 4.98. The number of carbonyl (C=O) groups excluding carboxylic acids is 1. The highest BCUT2D eigenvalue weighted by Crippen LogP contribution is 2.18. The van der Waals surface area contributed by atoms with E-state index in [9.17, 15) is 4.79 Å². The van der Waals surface area contributed by atoms with Crippen molar-refractivity contribution in [3.05, 3.63) is 40.4 Å². The highest BCUT2D eigenvalue weighted by Gasteiger charge is 2.18. The number of thiazole rings is 1. The van der Waals surface area contributed by atoms with Gasteiger partial charge < -0.3 is 10.5 Å². The van der Waals surface area contributed by atoms with Crippen molar-refractivity contribution < 1.29 is 9.53 Å². The Hall–Kier alpha value is -2.12. The Morgan fingerprint density at radius 2 is 2.19 bits per heavy atom. The summed E-state index contributed by atoms with van der Waals surface area (Å²) in [6.45, 7) is 1.98. The van der Waals surface area contributed by atoms with Gasteiger partial charge in [-0.15, -0.1) is 0 Å². The van der Waals surface area contributed by atoms with E-state index in [-0.39, 0.29) is 12.3 Å². The van der Waals surface area contributed by atoms with Crippen molar-refractivity contribution in [3.8, 4) is 0 Å². The number of rotatable bonds is 5. The number of hydrazone groups is 1. The topological polar surface area (TPSA) is 89.6 Å². The van der Waals surface area contributed by atoms with Crippen LogP contribution < -0.4 is 11.2 Å². The zero-order chi connectivity index (χ0) is 15.2. The SMILES string of the molecule is CCOC(=O)/C(=N/Nc1ccc(Cl)cc1)c1cnc(N)s1. The number of ether oxygens (including phenoxy) is 1. The van der Waals surface area contributed by atoms with Gasteiger partial charge in [-0.1, -0.05) is 22.9 Å². The van der Waals surface area contributed by atoms with Crippen LogP contribution >= 0.6 is 22.9 Å². The molecule has 6 nitrogen and oxygen atoms in total. The summed E-state index contributed by atoms with van der Waals surface area (Å²) in [7, 11) is 0. The Labute approximate surface area is 130 Å². The van der Waals surface area contributed by atoms with Gasteiger partial charge in [0.25, 0.3) is 0 Å². The summed E-state index contributed by atoms with van der Waals surface area (Å²) in [5, 5.41) is 5.06. The Bertz CT molecular complexity index is 654. The maximum absolute atomic E-state index is 12.0. The molecule has 8 heteroatoms. The average molecular weight is 325 g/mol. The number of esters is 1. The van der Waals surface area contributed by atoms with Gasteiger partial charge in [0, 0.05) is 11.2 Å². The molecule has 0 fully saturated rings. The highest BCUT2D eigenvalue weighted by molar-refractivity contribution is 7.18. The van der Waals surface area contributed by atoms with E-state index in [4.69, 9.17) is 22.1 Å². The molecule has 0 unspecified atom stereocenters. The van der Waals surface area contributed by atoms with E-state index in [1.807, 2.05) is 0 Å². The Morgan fingerprint density at radius 1 is 1.48 bits per heavy atom. The molecule has 3 N–H and O–H groups in total. The predicted molar refractivity (Wildman–Crippen MR) is 84.8 cm³/mol. The van der Waals surface area contributed by atoms with Crippen LogP contribution in [-0.4, -0.2) is 23.3 Å². The van der Waals surface area contributed by atoms with Crippen molar-refractivity contribution in [1.29, 1.82) is 0 Å². The number of hydrogen-bond acceptors (Lipinski definition) is 7. The van der Waals surface area contributed by atoms with Crippen molar-refractivity contribution in [3.63, 3.8) is 0 Å². The summed E-state index contributed by atoms with van der Waals surface area (Å²) >= 11 is 6.97. The third-order valence-corrected chi connectivity index (χ3v) is 3.45. The largest absolute Gasteiger partial charge is 0.461 e. The lowest BCUT2D eigenvalue weighted by molar-refractivity contribution is -0.134. The minimum atomic E-state index is -0.539. The van der Waals surface area contributed by atoms with Gasteiger partial charge in [0.2, 0.25) is 0 Å². The first-order valence-electron chi connectivity index (χ1n) is 6.08. The number of nitrogens with two attached hydrogens (primary N) is 1. The number of carbonyl (C=O) groups is 1. The van der Waals surface area contributed by atoms with Crippen LogP contribution in [0.1, 0.15) is 11.8 Å². The minimum Gasteiger partial charge on any atom is -0.461 e. The standard InChI is InChI=1S/C13H13ClN4O2S/c1-2-20-12(19)11(10-7-16-13(15)21-10)18-17-9-5-3-8(14)4-6-9/h3-7,17H,2H2,1H3,(H2,15,16)/b18-11+. The van der Waals surface area contributed by atoms with Crippen LogP contribution in [0.25, 0.3) is 0 Å². The molecule has 0 aliphatic heterocycles. The van der Waals surface area contributed by atoms with Crippen molar-refractivity contribution in [1.82, 2.24) is 4.98 Å². The van der Waals surface area contributed by atoms with Crippen LogP contribution in [0.15, 0.2) is 35.6 Å². The van der Waals surface area contributed by atoms with Crippen LogP contribution in [0.4, 0.5) is 10.8 Å². The lowest BCUT2D eigenvalue weighted by atomic mass is 10.3.